The minimum Gasteiger partial charge on any atom is -0.491 e. The topological polar surface area (TPSA) is 51.2 Å². The lowest BCUT2D eigenvalue weighted by Crippen LogP contribution is -2.26. The molecule has 116 valence electrons. The highest BCUT2D eigenvalue weighted by molar-refractivity contribution is 5.95. The third-order valence-corrected chi connectivity index (χ3v) is 2.83. The largest absolute Gasteiger partial charge is 0.491 e. The van der Waals surface area contributed by atoms with E-state index in [1.54, 1.807) is 12.1 Å². The number of hydrogen-bond acceptors (Lipinski definition) is 3. The van der Waals surface area contributed by atoms with E-state index in [9.17, 15) is 22.4 Å². The minimum atomic E-state index is -1.82. The fourth-order valence-corrected chi connectivity index (χ4v) is 1.76. The molecule has 1 heterocycles. The molecule has 0 radical (unpaired) electrons. The standard InChI is InChI=1S/C14H10F4N2O2/c1-22-13-11(17)9(15)8(10(16)12(13)18)14(21)20-6-7-3-2-4-19-5-7/h2-5H,6H2,1H3,(H,20,21). The third-order valence-electron chi connectivity index (χ3n) is 2.83. The summed E-state index contributed by atoms with van der Waals surface area (Å²) in [6, 6.07) is 3.20. The minimum absolute atomic E-state index is 0.110. The second-order valence-electron chi connectivity index (χ2n) is 4.21. The van der Waals surface area contributed by atoms with Crippen molar-refractivity contribution in [2.24, 2.45) is 0 Å². The average Bonchev–Trinajstić information content (AvgIpc) is 2.53. The molecule has 0 fully saturated rings. The van der Waals surface area contributed by atoms with Crippen LogP contribution in [0.4, 0.5) is 17.6 Å². The highest BCUT2D eigenvalue weighted by Gasteiger charge is 2.29. The maximum Gasteiger partial charge on any atom is 0.257 e. The number of amides is 1. The number of carbonyl (C=O) groups excluding carboxylic acids is 1. The van der Waals surface area contributed by atoms with E-state index in [4.69, 9.17) is 0 Å². The Bertz CT molecular complexity index is 679. The number of ether oxygens (including phenoxy) is 1. The van der Waals surface area contributed by atoms with E-state index in [0.717, 1.165) is 7.11 Å². The maximum atomic E-state index is 13.7. The van der Waals surface area contributed by atoms with Gasteiger partial charge in [0.1, 0.15) is 5.56 Å². The Labute approximate surface area is 122 Å². The van der Waals surface area contributed by atoms with E-state index in [1.165, 1.54) is 12.4 Å². The van der Waals surface area contributed by atoms with Crippen molar-refractivity contribution in [2.45, 2.75) is 6.54 Å². The molecule has 0 aliphatic heterocycles. The molecule has 2 rings (SSSR count). The Morgan fingerprint density at radius 2 is 1.82 bits per heavy atom. The van der Waals surface area contributed by atoms with Crippen LogP contribution in [0, 0.1) is 23.3 Å². The van der Waals surface area contributed by atoms with Gasteiger partial charge in [0.05, 0.1) is 7.11 Å². The zero-order valence-electron chi connectivity index (χ0n) is 11.3. The van der Waals surface area contributed by atoms with Crippen LogP contribution in [0.3, 0.4) is 0 Å². The predicted octanol–water partition coefficient (Wildman–Crippen LogP) is 2.58. The van der Waals surface area contributed by atoms with Crippen LogP contribution in [0.1, 0.15) is 15.9 Å². The molecule has 1 N–H and O–H groups in total. The van der Waals surface area contributed by atoms with Gasteiger partial charge in [-0.25, -0.2) is 8.78 Å². The van der Waals surface area contributed by atoms with Crippen LogP contribution in [0.2, 0.25) is 0 Å². The van der Waals surface area contributed by atoms with Crippen molar-refractivity contribution in [3.63, 3.8) is 0 Å². The van der Waals surface area contributed by atoms with Gasteiger partial charge in [-0.15, -0.1) is 0 Å². The molecular formula is C14H10F4N2O2. The molecule has 0 atom stereocenters. The Kier molecular flexibility index (Phi) is 4.59. The van der Waals surface area contributed by atoms with E-state index in [-0.39, 0.29) is 6.54 Å². The lowest BCUT2D eigenvalue weighted by molar-refractivity contribution is 0.0939. The highest BCUT2D eigenvalue weighted by Crippen LogP contribution is 2.29. The van der Waals surface area contributed by atoms with E-state index in [1.807, 2.05) is 0 Å². The highest BCUT2D eigenvalue weighted by atomic mass is 19.2. The van der Waals surface area contributed by atoms with E-state index < -0.39 is 40.5 Å². The summed E-state index contributed by atoms with van der Waals surface area (Å²) in [5.41, 5.74) is -0.800. The number of methoxy groups -OCH3 is 1. The van der Waals surface area contributed by atoms with Crippen LogP contribution in [0.25, 0.3) is 0 Å². The number of carbonyl (C=O) groups is 1. The van der Waals surface area contributed by atoms with Crippen molar-refractivity contribution in [3.05, 3.63) is 58.9 Å². The molecular weight excluding hydrogens is 304 g/mol. The summed E-state index contributed by atoms with van der Waals surface area (Å²) in [6.45, 7) is -0.110. The van der Waals surface area contributed by atoms with Crippen LogP contribution in [0.5, 0.6) is 5.75 Å². The van der Waals surface area contributed by atoms with E-state index >= 15 is 0 Å². The molecule has 0 spiro atoms. The number of halogens is 4. The molecule has 8 heteroatoms. The first kappa shape index (κ1) is 15.7. The zero-order valence-corrected chi connectivity index (χ0v) is 11.3. The van der Waals surface area contributed by atoms with Crippen molar-refractivity contribution in [3.8, 4) is 5.75 Å². The van der Waals surface area contributed by atoms with Crippen molar-refractivity contribution < 1.29 is 27.1 Å². The van der Waals surface area contributed by atoms with Crippen molar-refractivity contribution >= 4 is 5.91 Å². The fraction of sp³-hybridized carbons (Fsp3) is 0.143. The summed E-state index contributed by atoms with van der Waals surface area (Å²) in [6.07, 6.45) is 2.92. The van der Waals surface area contributed by atoms with E-state index in [0.29, 0.717) is 5.56 Å². The van der Waals surface area contributed by atoms with Crippen LogP contribution < -0.4 is 10.1 Å². The van der Waals surface area contributed by atoms with Gasteiger partial charge in [-0.05, 0) is 11.6 Å². The number of nitrogens with one attached hydrogen (secondary N) is 1. The van der Waals surface area contributed by atoms with Gasteiger partial charge in [0.15, 0.2) is 17.4 Å². The molecule has 2 aromatic rings. The molecule has 0 aliphatic carbocycles. The molecule has 0 unspecified atom stereocenters. The van der Waals surface area contributed by atoms with Gasteiger partial charge in [0.25, 0.3) is 5.91 Å². The quantitative estimate of drug-likeness (QED) is 0.697. The molecule has 1 aromatic carbocycles. The fourth-order valence-electron chi connectivity index (χ4n) is 1.76. The summed E-state index contributed by atoms with van der Waals surface area (Å²) in [5.74, 6) is -9.70. The monoisotopic (exact) mass is 314 g/mol. The molecule has 22 heavy (non-hydrogen) atoms. The summed E-state index contributed by atoms with van der Waals surface area (Å²) < 4.78 is 58.8. The molecule has 1 amide bonds. The Hall–Kier alpha value is -2.64. The number of pyridine rings is 1. The molecule has 4 nitrogen and oxygen atoms in total. The number of rotatable bonds is 4. The average molecular weight is 314 g/mol. The molecule has 0 aliphatic rings. The van der Waals surface area contributed by atoms with E-state index in [2.05, 4.69) is 15.0 Å². The Balaban J connectivity index is 2.30. The normalized spacial score (nSPS) is 10.4. The van der Waals surface area contributed by atoms with Gasteiger partial charge >= 0.3 is 0 Å². The molecule has 0 bridgehead atoms. The number of nitrogens with zero attached hydrogens (tertiary/aromatic N) is 1. The first-order valence-electron chi connectivity index (χ1n) is 6.04. The first-order chi connectivity index (χ1) is 10.5. The maximum absolute atomic E-state index is 13.7. The first-order valence-corrected chi connectivity index (χ1v) is 6.04. The summed E-state index contributed by atoms with van der Waals surface area (Å²) in [5, 5.41) is 2.16. The van der Waals surface area contributed by atoms with Crippen LogP contribution >= 0.6 is 0 Å². The second-order valence-corrected chi connectivity index (χ2v) is 4.21. The third kappa shape index (κ3) is 2.85. The number of benzene rings is 1. The van der Waals surface area contributed by atoms with Gasteiger partial charge in [-0.3, -0.25) is 9.78 Å². The SMILES string of the molecule is COc1c(F)c(F)c(C(=O)NCc2cccnc2)c(F)c1F. The lowest BCUT2D eigenvalue weighted by atomic mass is 10.1. The molecule has 0 saturated heterocycles. The number of aromatic nitrogens is 1. The van der Waals surface area contributed by atoms with Crippen molar-refractivity contribution in [1.29, 1.82) is 0 Å². The summed E-state index contributed by atoms with van der Waals surface area (Å²) in [4.78, 5) is 15.6. The van der Waals surface area contributed by atoms with Crippen molar-refractivity contribution in [2.75, 3.05) is 7.11 Å². The van der Waals surface area contributed by atoms with Gasteiger partial charge < -0.3 is 10.1 Å². The van der Waals surface area contributed by atoms with Gasteiger partial charge in [-0.2, -0.15) is 8.78 Å². The molecule has 0 saturated carbocycles. The van der Waals surface area contributed by atoms with Gasteiger partial charge in [0.2, 0.25) is 11.6 Å². The number of hydrogen-bond donors (Lipinski definition) is 1. The Morgan fingerprint density at radius 1 is 1.18 bits per heavy atom. The van der Waals surface area contributed by atoms with Crippen LogP contribution in [0.15, 0.2) is 24.5 Å². The smallest absolute Gasteiger partial charge is 0.257 e. The zero-order chi connectivity index (χ0) is 16.3. The second kappa shape index (κ2) is 6.42. The lowest BCUT2D eigenvalue weighted by Gasteiger charge is -2.11. The van der Waals surface area contributed by atoms with Gasteiger partial charge in [-0.1, -0.05) is 6.07 Å². The predicted molar refractivity (Wildman–Crippen MR) is 68.2 cm³/mol. The summed E-state index contributed by atoms with van der Waals surface area (Å²) >= 11 is 0. The summed E-state index contributed by atoms with van der Waals surface area (Å²) in [7, 11) is 0.850. The van der Waals surface area contributed by atoms with Crippen molar-refractivity contribution in [1.82, 2.24) is 10.3 Å². The molecule has 1 aromatic heterocycles. The Morgan fingerprint density at radius 3 is 2.32 bits per heavy atom. The van der Waals surface area contributed by atoms with Crippen LogP contribution in [-0.4, -0.2) is 18.0 Å². The van der Waals surface area contributed by atoms with Gasteiger partial charge in [0, 0.05) is 18.9 Å². The van der Waals surface area contributed by atoms with Crippen LogP contribution in [-0.2, 0) is 6.54 Å².